The monoisotopic (exact) mass is 373 g/mol. The van der Waals surface area contributed by atoms with Crippen LogP contribution in [0.2, 0.25) is 0 Å². The van der Waals surface area contributed by atoms with Crippen LogP contribution < -0.4 is 5.32 Å². The van der Waals surface area contributed by atoms with Gasteiger partial charge in [0.05, 0.1) is 12.6 Å². The second-order valence-corrected chi connectivity index (χ2v) is 6.70. The van der Waals surface area contributed by atoms with Crippen molar-refractivity contribution in [2.45, 2.75) is 19.6 Å². The molecule has 7 heteroatoms. The predicted octanol–water partition coefficient (Wildman–Crippen LogP) is 3.67. The van der Waals surface area contributed by atoms with Gasteiger partial charge in [0.2, 0.25) is 5.76 Å². The SMILES string of the molecule is COCc1c(C(=O)OCC(=O)N[C@@H](C)c2cccs2)oc2ccccc12. The molecular weight excluding hydrogens is 354 g/mol. The number of hydrogen-bond donors (Lipinski definition) is 1. The molecule has 0 spiro atoms. The number of fused-ring (bicyclic) bond motifs is 1. The maximum atomic E-state index is 12.4. The number of methoxy groups -OCH3 is 1. The van der Waals surface area contributed by atoms with Gasteiger partial charge in [-0.1, -0.05) is 24.3 Å². The molecule has 2 aromatic heterocycles. The summed E-state index contributed by atoms with van der Waals surface area (Å²) >= 11 is 1.55. The number of para-hydroxylation sites is 1. The molecule has 1 atom stereocenters. The number of esters is 1. The molecule has 0 aliphatic rings. The van der Waals surface area contributed by atoms with E-state index in [9.17, 15) is 9.59 Å². The van der Waals surface area contributed by atoms with Gasteiger partial charge in [-0.2, -0.15) is 0 Å². The Labute approximate surface area is 154 Å². The Kier molecular flexibility index (Phi) is 5.70. The summed E-state index contributed by atoms with van der Waals surface area (Å²) in [6.07, 6.45) is 0. The molecule has 6 nitrogen and oxygen atoms in total. The van der Waals surface area contributed by atoms with Crippen LogP contribution in [-0.2, 0) is 20.9 Å². The highest BCUT2D eigenvalue weighted by atomic mass is 32.1. The molecule has 1 aromatic carbocycles. The van der Waals surface area contributed by atoms with Crippen LogP contribution in [0, 0.1) is 0 Å². The molecule has 2 heterocycles. The number of thiophene rings is 1. The molecule has 3 aromatic rings. The van der Waals surface area contributed by atoms with Crippen molar-refractivity contribution in [1.82, 2.24) is 5.32 Å². The lowest BCUT2D eigenvalue weighted by Gasteiger charge is -2.12. The predicted molar refractivity (Wildman–Crippen MR) is 98.1 cm³/mol. The molecule has 0 saturated carbocycles. The van der Waals surface area contributed by atoms with Gasteiger partial charge in [-0.15, -0.1) is 11.3 Å². The van der Waals surface area contributed by atoms with E-state index in [2.05, 4.69) is 5.32 Å². The molecule has 0 unspecified atom stereocenters. The minimum absolute atomic E-state index is 0.0622. The second-order valence-electron chi connectivity index (χ2n) is 5.72. The lowest BCUT2D eigenvalue weighted by Crippen LogP contribution is -2.30. The van der Waals surface area contributed by atoms with Crippen LogP contribution in [-0.4, -0.2) is 25.6 Å². The van der Waals surface area contributed by atoms with Crippen molar-refractivity contribution in [1.29, 1.82) is 0 Å². The molecule has 0 radical (unpaired) electrons. The molecule has 0 aliphatic heterocycles. The van der Waals surface area contributed by atoms with Crippen LogP contribution in [0.1, 0.15) is 34.0 Å². The smallest absolute Gasteiger partial charge is 0.375 e. The summed E-state index contributed by atoms with van der Waals surface area (Å²) in [5.41, 5.74) is 1.18. The van der Waals surface area contributed by atoms with Gasteiger partial charge in [0.25, 0.3) is 5.91 Å². The van der Waals surface area contributed by atoms with Crippen LogP contribution in [0.3, 0.4) is 0 Å². The molecule has 0 aliphatic carbocycles. The van der Waals surface area contributed by atoms with Gasteiger partial charge in [-0.25, -0.2) is 4.79 Å². The Hall–Kier alpha value is -2.64. The molecule has 136 valence electrons. The van der Waals surface area contributed by atoms with Gasteiger partial charge in [-0.3, -0.25) is 4.79 Å². The number of carbonyl (C=O) groups is 2. The number of rotatable bonds is 7. The summed E-state index contributed by atoms with van der Waals surface area (Å²) in [5, 5.41) is 5.52. The average molecular weight is 373 g/mol. The Morgan fingerprint density at radius 2 is 2.04 bits per heavy atom. The minimum atomic E-state index is -0.688. The highest BCUT2D eigenvalue weighted by molar-refractivity contribution is 7.10. The fourth-order valence-electron chi connectivity index (χ4n) is 2.64. The Bertz CT molecular complexity index is 900. The van der Waals surface area contributed by atoms with E-state index in [0.29, 0.717) is 11.1 Å². The van der Waals surface area contributed by atoms with E-state index < -0.39 is 5.97 Å². The zero-order valence-corrected chi connectivity index (χ0v) is 15.3. The van der Waals surface area contributed by atoms with Crippen LogP contribution in [0.25, 0.3) is 11.0 Å². The van der Waals surface area contributed by atoms with Crippen molar-refractivity contribution in [2.24, 2.45) is 0 Å². The highest BCUT2D eigenvalue weighted by Gasteiger charge is 2.22. The normalized spacial score (nSPS) is 12.1. The van der Waals surface area contributed by atoms with Gasteiger partial charge < -0.3 is 19.2 Å². The van der Waals surface area contributed by atoms with E-state index in [1.165, 1.54) is 7.11 Å². The van der Waals surface area contributed by atoms with Gasteiger partial charge in [-0.05, 0) is 24.4 Å². The van der Waals surface area contributed by atoms with E-state index in [-0.39, 0.29) is 30.9 Å². The summed E-state index contributed by atoms with van der Waals surface area (Å²) in [5.74, 6) is -0.997. The summed E-state index contributed by atoms with van der Waals surface area (Å²) < 4.78 is 15.9. The molecule has 1 amide bonds. The van der Waals surface area contributed by atoms with Crippen molar-refractivity contribution >= 4 is 34.2 Å². The van der Waals surface area contributed by atoms with Gasteiger partial charge in [0, 0.05) is 22.9 Å². The van der Waals surface area contributed by atoms with E-state index in [1.54, 1.807) is 17.4 Å². The Morgan fingerprint density at radius 1 is 1.23 bits per heavy atom. The Balaban J connectivity index is 1.65. The number of furan rings is 1. The molecule has 0 bridgehead atoms. The number of hydrogen-bond acceptors (Lipinski definition) is 6. The Morgan fingerprint density at radius 3 is 2.77 bits per heavy atom. The number of ether oxygens (including phenoxy) is 2. The number of amides is 1. The highest BCUT2D eigenvalue weighted by Crippen LogP contribution is 2.27. The lowest BCUT2D eigenvalue weighted by atomic mass is 10.1. The molecule has 0 saturated heterocycles. The van der Waals surface area contributed by atoms with Crippen LogP contribution in [0.4, 0.5) is 0 Å². The third-order valence-corrected chi connectivity index (χ3v) is 4.91. The number of nitrogens with one attached hydrogen (secondary N) is 1. The van der Waals surface area contributed by atoms with E-state index in [4.69, 9.17) is 13.9 Å². The fraction of sp³-hybridized carbons (Fsp3) is 0.263. The largest absolute Gasteiger partial charge is 0.450 e. The van der Waals surface area contributed by atoms with Crippen LogP contribution in [0.15, 0.2) is 46.2 Å². The van der Waals surface area contributed by atoms with Crippen LogP contribution >= 0.6 is 11.3 Å². The quantitative estimate of drug-likeness (QED) is 0.639. The van der Waals surface area contributed by atoms with E-state index in [1.807, 2.05) is 42.6 Å². The third kappa shape index (κ3) is 3.95. The van der Waals surface area contributed by atoms with Crippen molar-refractivity contribution in [2.75, 3.05) is 13.7 Å². The van der Waals surface area contributed by atoms with Crippen molar-refractivity contribution in [3.63, 3.8) is 0 Å². The first-order valence-corrected chi connectivity index (χ1v) is 8.97. The van der Waals surface area contributed by atoms with Crippen molar-refractivity contribution < 1.29 is 23.5 Å². The number of benzene rings is 1. The zero-order valence-electron chi connectivity index (χ0n) is 14.5. The van der Waals surface area contributed by atoms with Crippen LogP contribution in [0.5, 0.6) is 0 Å². The summed E-state index contributed by atoms with van der Waals surface area (Å²) in [6.45, 7) is 1.71. The summed E-state index contributed by atoms with van der Waals surface area (Å²) in [4.78, 5) is 25.4. The van der Waals surface area contributed by atoms with Gasteiger partial charge >= 0.3 is 5.97 Å². The first-order chi connectivity index (χ1) is 12.6. The van der Waals surface area contributed by atoms with Gasteiger partial charge in [0.15, 0.2) is 6.61 Å². The molecule has 1 N–H and O–H groups in total. The summed E-state index contributed by atoms with van der Waals surface area (Å²) in [7, 11) is 1.54. The standard InChI is InChI=1S/C19H19NO5S/c1-12(16-8-5-9-26-16)20-17(21)11-24-19(22)18-14(10-23-2)13-6-3-4-7-15(13)25-18/h3-9,12H,10-11H2,1-2H3,(H,20,21)/t12-/m0/s1. The summed E-state index contributed by atoms with van der Waals surface area (Å²) in [6, 6.07) is 11.0. The second kappa shape index (κ2) is 8.16. The molecule has 26 heavy (non-hydrogen) atoms. The first kappa shape index (κ1) is 18.2. The van der Waals surface area contributed by atoms with E-state index in [0.717, 1.165) is 10.3 Å². The molecular formula is C19H19NO5S. The maximum Gasteiger partial charge on any atom is 0.375 e. The fourth-order valence-corrected chi connectivity index (χ4v) is 3.37. The molecule has 3 rings (SSSR count). The van der Waals surface area contributed by atoms with Gasteiger partial charge in [0.1, 0.15) is 5.58 Å². The lowest BCUT2D eigenvalue weighted by molar-refractivity contribution is -0.124. The van der Waals surface area contributed by atoms with E-state index >= 15 is 0 Å². The topological polar surface area (TPSA) is 77.8 Å². The molecule has 0 fully saturated rings. The number of carbonyl (C=O) groups excluding carboxylic acids is 2. The third-order valence-electron chi connectivity index (χ3n) is 3.85. The van der Waals surface area contributed by atoms with Crippen molar-refractivity contribution in [3.8, 4) is 0 Å². The first-order valence-electron chi connectivity index (χ1n) is 8.09. The average Bonchev–Trinajstić information content (AvgIpc) is 3.29. The zero-order chi connectivity index (χ0) is 18.5. The van der Waals surface area contributed by atoms with Crippen molar-refractivity contribution in [3.05, 3.63) is 58.0 Å². The maximum absolute atomic E-state index is 12.4. The minimum Gasteiger partial charge on any atom is -0.450 e.